The van der Waals surface area contributed by atoms with Crippen molar-refractivity contribution in [2.45, 2.75) is 13.8 Å². The summed E-state index contributed by atoms with van der Waals surface area (Å²) in [5, 5.41) is 9.26. The van der Waals surface area contributed by atoms with Gasteiger partial charge < -0.3 is 19.6 Å². The van der Waals surface area contributed by atoms with Gasteiger partial charge in [0.1, 0.15) is 28.9 Å². The van der Waals surface area contributed by atoms with Gasteiger partial charge in [-0.05, 0) is 31.5 Å². The first kappa shape index (κ1) is 13.8. The van der Waals surface area contributed by atoms with Gasteiger partial charge in [-0.3, -0.25) is 0 Å². The SMILES string of the molecule is COc1cc(-c2c(C)oc(N)c2C#N)c(OC)cc1C. The van der Waals surface area contributed by atoms with Gasteiger partial charge in [0.2, 0.25) is 5.88 Å². The van der Waals surface area contributed by atoms with Gasteiger partial charge in [0.25, 0.3) is 0 Å². The first-order valence-corrected chi connectivity index (χ1v) is 6.05. The molecule has 2 rings (SSSR count). The molecule has 1 aromatic carbocycles. The highest BCUT2D eigenvalue weighted by Gasteiger charge is 2.21. The van der Waals surface area contributed by atoms with Crippen LogP contribution in [-0.4, -0.2) is 14.2 Å². The molecule has 0 aliphatic carbocycles. The van der Waals surface area contributed by atoms with E-state index in [1.807, 2.05) is 19.1 Å². The molecule has 0 unspecified atom stereocenters. The first-order chi connectivity index (χ1) is 9.53. The summed E-state index contributed by atoms with van der Waals surface area (Å²) in [5.41, 5.74) is 8.34. The Morgan fingerprint density at radius 2 is 1.80 bits per heavy atom. The van der Waals surface area contributed by atoms with Gasteiger partial charge in [-0.2, -0.15) is 5.26 Å². The van der Waals surface area contributed by atoms with Crippen molar-refractivity contribution in [3.63, 3.8) is 0 Å². The lowest BCUT2D eigenvalue weighted by Crippen LogP contribution is -1.95. The van der Waals surface area contributed by atoms with Crippen molar-refractivity contribution in [3.8, 4) is 28.7 Å². The minimum absolute atomic E-state index is 0.113. The molecule has 20 heavy (non-hydrogen) atoms. The van der Waals surface area contributed by atoms with Crippen LogP contribution in [-0.2, 0) is 0 Å². The Morgan fingerprint density at radius 1 is 1.15 bits per heavy atom. The molecule has 5 heteroatoms. The van der Waals surface area contributed by atoms with E-state index < -0.39 is 0 Å². The van der Waals surface area contributed by atoms with Gasteiger partial charge in [-0.25, -0.2) is 0 Å². The lowest BCUT2D eigenvalue weighted by Gasteiger charge is -2.12. The number of hydrogen-bond donors (Lipinski definition) is 1. The minimum atomic E-state index is 0.113. The van der Waals surface area contributed by atoms with Crippen molar-refractivity contribution >= 4 is 5.88 Å². The second kappa shape index (κ2) is 5.17. The Balaban J connectivity index is 2.79. The maximum absolute atomic E-state index is 9.26. The van der Waals surface area contributed by atoms with Crippen LogP contribution < -0.4 is 15.2 Å². The zero-order valence-corrected chi connectivity index (χ0v) is 11.9. The van der Waals surface area contributed by atoms with Gasteiger partial charge in [0, 0.05) is 11.1 Å². The van der Waals surface area contributed by atoms with Crippen LogP contribution in [0.3, 0.4) is 0 Å². The third kappa shape index (κ3) is 2.05. The van der Waals surface area contributed by atoms with Crippen molar-refractivity contribution in [1.82, 2.24) is 0 Å². The molecule has 1 heterocycles. The molecule has 0 aliphatic heterocycles. The summed E-state index contributed by atoms with van der Waals surface area (Å²) >= 11 is 0. The molecule has 0 amide bonds. The second-order valence-corrected chi connectivity index (χ2v) is 4.41. The predicted octanol–water partition coefficient (Wildman–Crippen LogP) is 3.03. The largest absolute Gasteiger partial charge is 0.496 e. The van der Waals surface area contributed by atoms with E-state index in [4.69, 9.17) is 19.6 Å². The Morgan fingerprint density at radius 3 is 2.35 bits per heavy atom. The highest BCUT2D eigenvalue weighted by molar-refractivity contribution is 5.82. The second-order valence-electron chi connectivity index (χ2n) is 4.41. The zero-order chi connectivity index (χ0) is 14.9. The van der Waals surface area contributed by atoms with Gasteiger partial charge in [0.15, 0.2) is 0 Å². The number of methoxy groups -OCH3 is 2. The highest BCUT2D eigenvalue weighted by Crippen LogP contribution is 2.41. The van der Waals surface area contributed by atoms with Crippen molar-refractivity contribution < 1.29 is 13.9 Å². The Kier molecular flexibility index (Phi) is 3.57. The van der Waals surface area contributed by atoms with Crippen LogP contribution in [0.1, 0.15) is 16.9 Å². The molecule has 0 spiro atoms. The monoisotopic (exact) mass is 272 g/mol. The average molecular weight is 272 g/mol. The quantitative estimate of drug-likeness (QED) is 0.928. The minimum Gasteiger partial charge on any atom is -0.496 e. The van der Waals surface area contributed by atoms with Crippen LogP contribution in [0.2, 0.25) is 0 Å². The van der Waals surface area contributed by atoms with Gasteiger partial charge in [0.05, 0.1) is 14.2 Å². The van der Waals surface area contributed by atoms with Crippen LogP contribution in [0.15, 0.2) is 16.5 Å². The number of benzene rings is 1. The summed E-state index contributed by atoms with van der Waals surface area (Å²) in [6, 6.07) is 5.76. The van der Waals surface area contributed by atoms with E-state index in [9.17, 15) is 5.26 Å². The van der Waals surface area contributed by atoms with Gasteiger partial charge >= 0.3 is 0 Å². The third-order valence-corrected chi connectivity index (χ3v) is 3.21. The summed E-state index contributed by atoms with van der Waals surface area (Å²) in [5.74, 6) is 2.04. The summed E-state index contributed by atoms with van der Waals surface area (Å²) < 4.78 is 16.1. The maximum Gasteiger partial charge on any atom is 0.209 e. The first-order valence-electron chi connectivity index (χ1n) is 6.05. The standard InChI is InChI=1S/C15H16N2O3/c1-8-5-13(19-4)10(6-12(8)18-3)14-9(2)20-15(17)11(14)7-16/h5-6H,17H2,1-4H3. The summed E-state index contributed by atoms with van der Waals surface area (Å²) in [6.45, 7) is 3.69. The van der Waals surface area contributed by atoms with Crippen LogP contribution in [0, 0.1) is 25.2 Å². The number of rotatable bonds is 3. The lowest BCUT2D eigenvalue weighted by molar-refractivity contribution is 0.401. The van der Waals surface area contributed by atoms with Crippen LogP contribution in [0.25, 0.3) is 11.1 Å². The Labute approximate surface area is 117 Å². The van der Waals surface area contributed by atoms with E-state index >= 15 is 0 Å². The zero-order valence-electron chi connectivity index (χ0n) is 11.9. The van der Waals surface area contributed by atoms with Crippen LogP contribution in [0.5, 0.6) is 11.5 Å². The molecule has 104 valence electrons. The van der Waals surface area contributed by atoms with Crippen LogP contribution >= 0.6 is 0 Å². The summed E-state index contributed by atoms with van der Waals surface area (Å²) in [7, 11) is 3.18. The van der Waals surface area contributed by atoms with E-state index in [1.165, 1.54) is 0 Å². The molecule has 0 aliphatic rings. The summed E-state index contributed by atoms with van der Waals surface area (Å²) in [4.78, 5) is 0. The Hall–Kier alpha value is -2.61. The molecular formula is C15H16N2O3. The average Bonchev–Trinajstić information content (AvgIpc) is 2.72. The molecule has 0 fully saturated rings. The van der Waals surface area contributed by atoms with Crippen molar-refractivity contribution in [3.05, 3.63) is 29.0 Å². The molecule has 2 aromatic rings. The molecule has 0 bridgehead atoms. The maximum atomic E-state index is 9.26. The van der Waals surface area contributed by atoms with Gasteiger partial charge in [-0.15, -0.1) is 0 Å². The van der Waals surface area contributed by atoms with Crippen molar-refractivity contribution in [2.24, 2.45) is 0 Å². The molecule has 0 radical (unpaired) electrons. The number of hydrogen-bond acceptors (Lipinski definition) is 5. The number of nitrogens with zero attached hydrogens (tertiary/aromatic N) is 1. The summed E-state index contributed by atoms with van der Waals surface area (Å²) in [6.07, 6.45) is 0. The molecule has 1 aromatic heterocycles. The third-order valence-electron chi connectivity index (χ3n) is 3.21. The molecule has 0 atom stereocenters. The predicted molar refractivity (Wildman–Crippen MR) is 75.8 cm³/mol. The number of furan rings is 1. The lowest BCUT2D eigenvalue weighted by atomic mass is 9.99. The molecular weight excluding hydrogens is 256 g/mol. The van der Waals surface area contributed by atoms with Gasteiger partial charge in [-0.1, -0.05) is 0 Å². The topological polar surface area (TPSA) is 81.4 Å². The molecule has 2 N–H and O–H groups in total. The van der Waals surface area contributed by atoms with Crippen molar-refractivity contribution in [2.75, 3.05) is 20.0 Å². The number of nitriles is 1. The number of anilines is 1. The Bertz CT molecular complexity index is 696. The normalized spacial score (nSPS) is 10.2. The fraction of sp³-hybridized carbons (Fsp3) is 0.267. The number of nitrogens with two attached hydrogens (primary N) is 1. The van der Waals surface area contributed by atoms with E-state index in [-0.39, 0.29) is 5.88 Å². The van der Waals surface area contributed by atoms with E-state index in [1.54, 1.807) is 21.1 Å². The number of nitrogen functional groups attached to an aromatic ring is 1. The fourth-order valence-corrected chi connectivity index (χ4v) is 2.25. The molecule has 0 saturated carbocycles. The molecule has 5 nitrogen and oxygen atoms in total. The smallest absolute Gasteiger partial charge is 0.209 e. The van der Waals surface area contributed by atoms with Crippen LogP contribution in [0.4, 0.5) is 5.88 Å². The number of aryl methyl sites for hydroxylation is 2. The van der Waals surface area contributed by atoms with E-state index in [0.29, 0.717) is 28.4 Å². The fourth-order valence-electron chi connectivity index (χ4n) is 2.25. The molecule has 0 saturated heterocycles. The van der Waals surface area contributed by atoms with Crippen molar-refractivity contribution in [1.29, 1.82) is 5.26 Å². The van der Waals surface area contributed by atoms with E-state index in [2.05, 4.69) is 6.07 Å². The highest BCUT2D eigenvalue weighted by atomic mass is 16.5. The number of ether oxygens (including phenoxy) is 2. The van der Waals surface area contributed by atoms with E-state index in [0.717, 1.165) is 11.1 Å².